The second kappa shape index (κ2) is 8.83. The summed E-state index contributed by atoms with van der Waals surface area (Å²) in [7, 11) is 0. The first kappa shape index (κ1) is 24.6. The lowest BCUT2D eigenvalue weighted by atomic mass is 9.85. The predicted molar refractivity (Wildman–Crippen MR) is 98.4 cm³/mol. The van der Waals surface area contributed by atoms with E-state index in [1.165, 1.54) is 13.8 Å². The van der Waals surface area contributed by atoms with Crippen molar-refractivity contribution in [1.82, 2.24) is 15.5 Å². The zero-order chi connectivity index (χ0) is 23.7. The molecule has 2 rings (SSSR count). The highest BCUT2D eigenvalue weighted by atomic mass is 19.4. The Morgan fingerprint density at radius 1 is 1.29 bits per heavy atom. The third-order valence-corrected chi connectivity index (χ3v) is 4.68. The Morgan fingerprint density at radius 3 is 2.42 bits per heavy atom. The van der Waals surface area contributed by atoms with E-state index in [0.717, 1.165) is 11.0 Å². The quantitative estimate of drug-likeness (QED) is 0.604. The number of hydrogen-bond acceptors (Lipinski definition) is 4. The van der Waals surface area contributed by atoms with E-state index in [1.807, 2.05) is 5.32 Å². The first-order chi connectivity index (χ1) is 14.1. The van der Waals surface area contributed by atoms with Gasteiger partial charge in [-0.3, -0.25) is 14.4 Å². The van der Waals surface area contributed by atoms with Crippen LogP contribution in [0.5, 0.6) is 0 Å². The maximum absolute atomic E-state index is 13.7. The van der Waals surface area contributed by atoms with Crippen LogP contribution in [0.15, 0.2) is 23.1 Å². The van der Waals surface area contributed by atoms with Crippen LogP contribution in [0.2, 0.25) is 0 Å². The molecule has 7 nitrogen and oxygen atoms in total. The second-order valence-electron chi connectivity index (χ2n) is 8.00. The van der Waals surface area contributed by atoms with Gasteiger partial charge in [0.05, 0.1) is 11.6 Å². The standard InChI is InChI=1S/C19H24F5N3O4/c1-9(2)26-15(28)10-7-12-13(8-11(10)19(22,23)24)31-18(3,4)17(30)27(12)6-5-25-16(29)14(20)21/h7,9,11,14H,5-6,8H2,1-4H3,(H,25,29)(H,26,28). The van der Waals surface area contributed by atoms with E-state index in [0.29, 0.717) is 0 Å². The largest absolute Gasteiger partial charge is 0.480 e. The molecule has 3 amide bonds. The summed E-state index contributed by atoms with van der Waals surface area (Å²) < 4.78 is 71.3. The van der Waals surface area contributed by atoms with Gasteiger partial charge in [0.25, 0.3) is 11.8 Å². The lowest BCUT2D eigenvalue weighted by Crippen LogP contribution is -2.53. The van der Waals surface area contributed by atoms with Crippen LogP contribution in [0.3, 0.4) is 0 Å². The van der Waals surface area contributed by atoms with Gasteiger partial charge in [0.2, 0.25) is 5.91 Å². The van der Waals surface area contributed by atoms with Crippen LogP contribution in [-0.4, -0.2) is 60.0 Å². The molecule has 0 aromatic heterocycles. The summed E-state index contributed by atoms with van der Waals surface area (Å²) in [6, 6.07) is -0.429. The van der Waals surface area contributed by atoms with E-state index < -0.39 is 59.9 Å². The van der Waals surface area contributed by atoms with Crippen LogP contribution in [0, 0.1) is 5.92 Å². The molecule has 1 atom stereocenters. The summed E-state index contributed by atoms with van der Waals surface area (Å²) in [5.74, 6) is -5.42. The van der Waals surface area contributed by atoms with Gasteiger partial charge in [-0.1, -0.05) is 0 Å². The monoisotopic (exact) mass is 453 g/mol. The van der Waals surface area contributed by atoms with Crippen LogP contribution < -0.4 is 10.6 Å². The number of rotatable bonds is 6. The van der Waals surface area contributed by atoms with Crippen molar-refractivity contribution >= 4 is 17.7 Å². The minimum atomic E-state index is -4.75. The average molecular weight is 453 g/mol. The molecule has 1 heterocycles. The van der Waals surface area contributed by atoms with Crippen LogP contribution in [-0.2, 0) is 19.1 Å². The maximum Gasteiger partial charge on any atom is 0.396 e. The number of alkyl halides is 5. The molecule has 0 aromatic rings. The molecule has 0 bridgehead atoms. The summed E-state index contributed by atoms with van der Waals surface area (Å²) in [5.41, 5.74) is -2.17. The highest BCUT2D eigenvalue weighted by molar-refractivity contribution is 5.96. The van der Waals surface area contributed by atoms with Crippen molar-refractivity contribution in [2.24, 2.45) is 5.92 Å². The van der Waals surface area contributed by atoms with E-state index in [2.05, 4.69) is 5.32 Å². The molecule has 1 aliphatic carbocycles. The number of ether oxygens (including phenoxy) is 1. The van der Waals surface area contributed by atoms with Gasteiger partial charge in [-0.2, -0.15) is 22.0 Å². The summed E-state index contributed by atoms with van der Waals surface area (Å²) >= 11 is 0. The number of amides is 3. The molecule has 174 valence electrons. The fraction of sp³-hybridized carbons (Fsp3) is 0.632. The zero-order valence-corrected chi connectivity index (χ0v) is 17.4. The van der Waals surface area contributed by atoms with Crippen molar-refractivity contribution in [1.29, 1.82) is 0 Å². The minimum Gasteiger partial charge on any atom is -0.480 e. The lowest BCUT2D eigenvalue weighted by Gasteiger charge is -2.42. The number of halogens is 5. The number of nitrogens with zero attached hydrogens (tertiary/aromatic N) is 1. The fourth-order valence-electron chi connectivity index (χ4n) is 3.29. The molecule has 1 unspecified atom stereocenters. The third-order valence-electron chi connectivity index (χ3n) is 4.68. The smallest absolute Gasteiger partial charge is 0.396 e. The van der Waals surface area contributed by atoms with E-state index in [1.54, 1.807) is 13.8 Å². The Labute approximate surface area is 175 Å². The molecule has 0 aromatic carbocycles. The van der Waals surface area contributed by atoms with Gasteiger partial charge in [0.1, 0.15) is 5.76 Å². The highest BCUT2D eigenvalue weighted by Gasteiger charge is 2.51. The number of carbonyl (C=O) groups is 3. The Hall–Kier alpha value is -2.66. The van der Waals surface area contributed by atoms with Crippen molar-refractivity contribution in [2.75, 3.05) is 13.1 Å². The molecular formula is C19H24F5N3O4. The van der Waals surface area contributed by atoms with E-state index in [9.17, 15) is 36.3 Å². The van der Waals surface area contributed by atoms with Crippen molar-refractivity contribution in [3.8, 4) is 0 Å². The number of hydrogen-bond donors (Lipinski definition) is 2. The number of allylic oxidation sites excluding steroid dienone is 2. The Kier molecular flexibility index (Phi) is 7.01. The maximum atomic E-state index is 13.7. The van der Waals surface area contributed by atoms with Crippen LogP contribution in [0.4, 0.5) is 22.0 Å². The molecule has 0 spiro atoms. The lowest BCUT2D eigenvalue weighted by molar-refractivity contribution is -0.173. The molecule has 0 radical (unpaired) electrons. The SMILES string of the molecule is CC(C)NC(=O)C1=CC2=C(CC1C(F)(F)F)OC(C)(C)C(=O)N2CCNC(=O)C(F)F. The normalized spacial score (nSPS) is 21.0. The van der Waals surface area contributed by atoms with Gasteiger partial charge in [-0.25, -0.2) is 0 Å². The van der Waals surface area contributed by atoms with E-state index >= 15 is 0 Å². The van der Waals surface area contributed by atoms with Crippen molar-refractivity contribution < 1.29 is 41.1 Å². The molecule has 2 aliphatic rings. The Balaban J connectivity index is 2.43. The van der Waals surface area contributed by atoms with Gasteiger partial charge in [-0.05, 0) is 33.8 Å². The minimum absolute atomic E-state index is 0.0648. The highest BCUT2D eigenvalue weighted by Crippen LogP contribution is 2.44. The van der Waals surface area contributed by atoms with E-state index in [4.69, 9.17) is 4.74 Å². The molecule has 0 saturated heterocycles. The molecule has 0 saturated carbocycles. The second-order valence-corrected chi connectivity index (χ2v) is 8.00. The van der Waals surface area contributed by atoms with Crippen LogP contribution >= 0.6 is 0 Å². The van der Waals surface area contributed by atoms with Gasteiger partial charge >= 0.3 is 12.6 Å². The van der Waals surface area contributed by atoms with Gasteiger partial charge in [-0.15, -0.1) is 0 Å². The first-order valence-corrected chi connectivity index (χ1v) is 9.54. The average Bonchev–Trinajstić information content (AvgIpc) is 2.62. The molecular weight excluding hydrogens is 429 g/mol. The summed E-state index contributed by atoms with van der Waals surface area (Å²) in [4.78, 5) is 37.4. The van der Waals surface area contributed by atoms with Gasteiger partial charge in [0.15, 0.2) is 5.60 Å². The Bertz CT molecular complexity index is 818. The topological polar surface area (TPSA) is 87.7 Å². The number of carbonyl (C=O) groups excluding carboxylic acids is 3. The zero-order valence-electron chi connectivity index (χ0n) is 17.4. The van der Waals surface area contributed by atoms with Gasteiger partial charge in [0, 0.05) is 31.1 Å². The first-order valence-electron chi connectivity index (χ1n) is 9.54. The predicted octanol–water partition coefficient (Wildman–Crippen LogP) is 2.25. The summed E-state index contributed by atoms with van der Waals surface area (Å²) in [6.07, 6.45) is -7.76. The van der Waals surface area contributed by atoms with E-state index in [-0.39, 0.29) is 24.5 Å². The molecule has 12 heteroatoms. The molecule has 2 N–H and O–H groups in total. The molecule has 0 fully saturated rings. The summed E-state index contributed by atoms with van der Waals surface area (Å²) in [6.45, 7) is 5.22. The molecule has 31 heavy (non-hydrogen) atoms. The Morgan fingerprint density at radius 2 is 1.90 bits per heavy atom. The van der Waals surface area contributed by atoms with Crippen molar-refractivity contribution in [2.45, 2.75) is 58.4 Å². The van der Waals surface area contributed by atoms with Crippen molar-refractivity contribution in [3.05, 3.63) is 23.1 Å². The number of nitrogens with one attached hydrogen (secondary N) is 2. The van der Waals surface area contributed by atoms with Crippen LogP contribution in [0.1, 0.15) is 34.1 Å². The third kappa shape index (κ3) is 5.53. The van der Waals surface area contributed by atoms with Crippen LogP contribution in [0.25, 0.3) is 0 Å². The van der Waals surface area contributed by atoms with Gasteiger partial charge < -0.3 is 20.3 Å². The van der Waals surface area contributed by atoms with Crippen molar-refractivity contribution in [3.63, 3.8) is 0 Å². The fourth-order valence-corrected chi connectivity index (χ4v) is 3.29. The summed E-state index contributed by atoms with van der Waals surface area (Å²) in [5, 5.41) is 4.35. The molecule has 1 aliphatic heterocycles.